The topological polar surface area (TPSA) is 63.7 Å². The van der Waals surface area contributed by atoms with Crippen molar-refractivity contribution in [2.75, 3.05) is 20.2 Å². The van der Waals surface area contributed by atoms with Crippen molar-refractivity contribution in [1.82, 2.24) is 4.31 Å². The lowest BCUT2D eigenvalue weighted by atomic mass is 9.94. The Bertz CT molecular complexity index is 1060. The predicted octanol–water partition coefficient (Wildman–Crippen LogP) is 4.20. The van der Waals surface area contributed by atoms with Gasteiger partial charge in [-0.1, -0.05) is 60.7 Å². The molecule has 0 unspecified atom stereocenters. The molecule has 6 heteroatoms. The molecule has 0 aliphatic carbocycles. The Morgan fingerprint density at radius 2 is 1.93 bits per heavy atom. The lowest BCUT2D eigenvalue weighted by Gasteiger charge is -2.29. The zero-order valence-electron chi connectivity index (χ0n) is 17.4. The van der Waals surface area contributed by atoms with Crippen LogP contribution in [0, 0.1) is 6.92 Å². The summed E-state index contributed by atoms with van der Waals surface area (Å²) in [4.78, 5) is 12.0. The first-order valence-electron chi connectivity index (χ1n) is 9.91. The molecule has 1 atom stereocenters. The van der Waals surface area contributed by atoms with Gasteiger partial charge in [0.2, 0.25) is 10.0 Å². The van der Waals surface area contributed by atoms with Crippen molar-refractivity contribution in [2.24, 2.45) is 0 Å². The van der Waals surface area contributed by atoms with E-state index in [1.54, 1.807) is 0 Å². The number of rotatable bonds is 7. The number of sulfonamides is 1. The molecule has 0 aromatic heterocycles. The minimum absolute atomic E-state index is 0.0300. The van der Waals surface area contributed by atoms with Crippen molar-refractivity contribution in [2.45, 2.75) is 25.0 Å². The van der Waals surface area contributed by atoms with Crippen LogP contribution in [0.3, 0.4) is 0 Å². The normalized spacial score (nSPS) is 15.9. The van der Waals surface area contributed by atoms with Gasteiger partial charge in [0.1, 0.15) is 0 Å². The predicted molar refractivity (Wildman–Crippen MR) is 120 cm³/mol. The number of carbonyl (C=O) groups is 1. The van der Waals surface area contributed by atoms with E-state index in [0.717, 1.165) is 11.1 Å². The smallest absolute Gasteiger partial charge is 0.325 e. The Labute approximate surface area is 178 Å². The van der Waals surface area contributed by atoms with Gasteiger partial charge in [0.15, 0.2) is 5.25 Å². The summed E-state index contributed by atoms with van der Waals surface area (Å²) >= 11 is 0. The molecular weight excluding hydrogens is 398 g/mol. The molecule has 0 fully saturated rings. The molecule has 0 saturated heterocycles. The maximum atomic E-state index is 12.9. The summed E-state index contributed by atoms with van der Waals surface area (Å²) in [6.45, 7) is 6.22. The molecule has 1 heterocycles. The molecular formula is C24H27NO4S. The maximum absolute atomic E-state index is 12.9. The molecule has 0 saturated carbocycles. The molecule has 0 N–H and O–H groups in total. The summed E-state index contributed by atoms with van der Waals surface area (Å²) in [6.07, 6.45) is 3.98. The van der Waals surface area contributed by atoms with Crippen molar-refractivity contribution in [3.63, 3.8) is 0 Å². The Morgan fingerprint density at radius 1 is 1.20 bits per heavy atom. The number of carbonyl (C=O) groups excluding carboxylic acids is 1. The van der Waals surface area contributed by atoms with Gasteiger partial charge in [-0.25, -0.2) is 8.42 Å². The summed E-state index contributed by atoms with van der Waals surface area (Å²) in [5.74, 6) is -0.753. The maximum Gasteiger partial charge on any atom is 0.325 e. The summed E-state index contributed by atoms with van der Waals surface area (Å²) in [6, 6.07) is 16.6. The van der Waals surface area contributed by atoms with Crippen LogP contribution in [0.25, 0.3) is 16.7 Å². The number of benzene rings is 2. The summed E-state index contributed by atoms with van der Waals surface area (Å²) in [5, 5.41) is -1.25. The lowest BCUT2D eigenvalue weighted by molar-refractivity contribution is -0.140. The van der Waals surface area contributed by atoms with Crippen LogP contribution in [0.15, 0.2) is 67.3 Å². The van der Waals surface area contributed by atoms with Crippen molar-refractivity contribution in [3.8, 4) is 11.1 Å². The van der Waals surface area contributed by atoms with Gasteiger partial charge in [-0.3, -0.25) is 4.79 Å². The average molecular weight is 426 g/mol. The fourth-order valence-electron chi connectivity index (χ4n) is 3.75. The van der Waals surface area contributed by atoms with Crippen LogP contribution in [-0.4, -0.2) is 44.1 Å². The van der Waals surface area contributed by atoms with Crippen LogP contribution >= 0.6 is 0 Å². The zero-order chi connectivity index (χ0) is 21.7. The van der Waals surface area contributed by atoms with E-state index in [4.69, 9.17) is 0 Å². The molecule has 158 valence electrons. The molecule has 2 aromatic rings. The van der Waals surface area contributed by atoms with Gasteiger partial charge in [0, 0.05) is 13.1 Å². The van der Waals surface area contributed by atoms with Crippen LogP contribution in [0.4, 0.5) is 0 Å². The third kappa shape index (κ3) is 4.55. The molecule has 0 spiro atoms. The second kappa shape index (κ2) is 9.41. The first-order chi connectivity index (χ1) is 14.4. The SMILES string of the molecule is C=CC[C@H](C(=O)OC)S(=O)(=O)N1CC=C(c2ccc(-c3ccccc3)c(C)c2)CC1. The van der Waals surface area contributed by atoms with Crippen LogP contribution in [0.5, 0.6) is 0 Å². The molecule has 0 bridgehead atoms. The van der Waals surface area contributed by atoms with Gasteiger partial charge in [0.05, 0.1) is 7.11 Å². The van der Waals surface area contributed by atoms with E-state index < -0.39 is 21.2 Å². The van der Waals surface area contributed by atoms with Crippen molar-refractivity contribution < 1.29 is 17.9 Å². The van der Waals surface area contributed by atoms with E-state index in [-0.39, 0.29) is 13.0 Å². The number of hydrogen-bond acceptors (Lipinski definition) is 4. The molecule has 0 radical (unpaired) electrons. The van der Waals surface area contributed by atoms with Crippen LogP contribution in [0.2, 0.25) is 0 Å². The highest BCUT2D eigenvalue weighted by Gasteiger charge is 2.37. The molecule has 3 rings (SSSR count). The highest BCUT2D eigenvalue weighted by atomic mass is 32.2. The summed E-state index contributed by atoms with van der Waals surface area (Å²) in [5.41, 5.74) is 5.74. The van der Waals surface area contributed by atoms with Gasteiger partial charge in [-0.2, -0.15) is 4.31 Å². The van der Waals surface area contributed by atoms with Gasteiger partial charge in [0.25, 0.3) is 0 Å². The summed E-state index contributed by atoms with van der Waals surface area (Å²) in [7, 11) is -2.61. The van der Waals surface area contributed by atoms with Crippen LogP contribution in [-0.2, 0) is 19.6 Å². The minimum atomic E-state index is -3.81. The van der Waals surface area contributed by atoms with E-state index in [0.29, 0.717) is 13.0 Å². The largest absolute Gasteiger partial charge is 0.468 e. The second-order valence-electron chi connectivity index (χ2n) is 7.31. The quantitative estimate of drug-likeness (QED) is 0.493. The molecule has 2 aromatic carbocycles. The molecule has 5 nitrogen and oxygen atoms in total. The number of allylic oxidation sites excluding steroid dienone is 1. The number of ether oxygens (including phenoxy) is 1. The van der Waals surface area contributed by atoms with E-state index in [1.165, 1.54) is 34.2 Å². The highest BCUT2D eigenvalue weighted by Crippen LogP contribution is 2.30. The van der Waals surface area contributed by atoms with Crippen molar-refractivity contribution >= 4 is 21.6 Å². The highest BCUT2D eigenvalue weighted by molar-refractivity contribution is 7.90. The number of hydrogen-bond donors (Lipinski definition) is 0. The molecule has 1 aliphatic rings. The number of nitrogens with zero attached hydrogens (tertiary/aromatic N) is 1. The molecule has 1 aliphatic heterocycles. The lowest BCUT2D eigenvalue weighted by Crippen LogP contribution is -2.44. The van der Waals surface area contributed by atoms with Crippen LogP contribution in [0.1, 0.15) is 24.0 Å². The monoisotopic (exact) mass is 425 g/mol. The van der Waals surface area contributed by atoms with Gasteiger partial charge >= 0.3 is 5.97 Å². The number of esters is 1. The number of aryl methyl sites for hydroxylation is 1. The van der Waals surface area contributed by atoms with Gasteiger partial charge < -0.3 is 4.74 Å². The van der Waals surface area contributed by atoms with E-state index in [9.17, 15) is 13.2 Å². The fraction of sp³-hybridized carbons (Fsp3) is 0.292. The van der Waals surface area contributed by atoms with Crippen molar-refractivity contribution in [3.05, 3.63) is 78.4 Å². The molecule has 0 amide bonds. The second-order valence-corrected chi connectivity index (χ2v) is 9.43. The van der Waals surface area contributed by atoms with E-state index in [2.05, 4.69) is 48.6 Å². The van der Waals surface area contributed by atoms with Gasteiger partial charge in [-0.05, 0) is 47.6 Å². The standard InChI is InChI=1S/C24H27NO4S/c1-4-8-23(24(26)29-3)30(27,28)25-15-13-19(14-16-25)21-11-12-22(18(2)17-21)20-9-6-5-7-10-20/h4-7,9-13,17,23H,1,8,14-16H2,2-3H3/t23-/m1/s1. The third-order valence-corrected chi connectivity index (χ3v) is 7.57. The third-order valence-electron chi connectivity index (χ3n) is 5.42. The minimum Gasteiger partial charge on any atom is -0.468 e. The average Bonchev–Trinajstić information content (AvgIpc) is 2.77. The van der Waals surface area contributed by atoms with E-state index >= 15 is 0 Å². The zero-order valence-corrected chi connectivity index (χ0v) is 18.2. The Kier molecular flexibility index (Phi) is 6.90. The van der Waals surface area contributed by atoms with Crippen molar-refractivity contribution in [1.29, 1.82) is 0 Å². The Hall–Kier alpha value is -2.70. The molecule has 30 heavy (non-hydrogen) atoms. The first kappa shape index (κ1) is 22.0. The Balaban J connectivity index is 1.80. The Morgan fingerprint density at radius 3 is 2.50 bits per heavy atom. The van der Waals surface area contributed by atoms with Crippen LogP contribution < -0.4 is 0 Å². The van der Waals surface area contributed by atoms with E-state index in [1.807, 2.05) is 24.3 Å². The first-order valence-corrected chi connectivity index (χ1v) is 11.4. The fourth-order valence-corrected chi connectivity index (χ4v) is 5.46. The number of methoxy groups -OCH3 is 1. The summed E-state index contributed by atoms with van der Waals surface area (Å²) < 4.78 is 31.9. The van der Waals surface area contributed by atoms with Gasteiger partial charge in [-0.15, -0.1) is 6.58 Å².